The third kappa shape index (κ3) is 3.41. The Balaban J connectivity index is 1.52. The Morgan fingerprint density at radius 1 is 1.21 bits per heavy atom. The summed E-state index contributed by atoms with van der Waals surface area (Å²) in [6.07, 6.45) is 0.498. The first-order chi connectivity index (χ1) is 13.4. The van der Waals surface area contributed by atoms with Gasteiger partial charge in [-0.3, -0.25) is 20.4 Å². The molecule has 2 saturated heterocycles. The average molecular weight is 425 g/mol. The van der Waals surface area contributed by atoms with Crippen molar-refractivity contribution in [1.29, 1.82) is 0 Å². The first kappa shape index (κ1) is 19.0. The lowest BCUT2D eigenvalue weighted by atomic mass is 10.2. The zero-order valence-corrected chi connectivity index (χ0v) is 16.1. The number of fused-ring (bicyclic) bond motifs is 2. The number of thiophene rings is 1. The second kappa shape index (κ2) is 7.24. The van der Waals surface area contributed by atoms with Gasteiger partial charge in [0.15, 0.2) is 0 Å². The zero-order chi connectivity index (χ0) is 19.9. The fourth-order valence-electron chi connectivity index (χ4n) is 3.28. The van der Waals surface area contributed by atoms with E-state index in [1.54, 1.807) is 16.8 Å². The van der Waals surface area contributed by atoms with E-state index in [-0.39, 0.29) is 23.6 Å². The highest BCUT2D eigenvalue weighted by Crippen LogP contribution is 2.33. The highest BCUT2D eigenvalue weighted by molar-refractivity contribution is 7.89. The molecular weight excluding hydrogens is 409 g/mol. The molecule has 2 aliphatic rings. The standard InChI is InChI=1S/C17H16FN3O5S2/c18-15-2-1-13(28(24,25)21-7-12-5-11(21)8-26-12)6-14(15)17(23)20-19-16(22)10-3-4-27-9-10/h1-4,6,9,11-12H,5,7-8H2,(H,19,22)(H,20,23)/t11-,12-/m0/s1. The van der Waals surface area contributed by atoms with Crippen LogP contribution in [0.3, 0.4) is 0 Å². The van der Waals surface area contributed by atoms with Gasteiger partial charge in [0.25, 0.3) is 11.8 Å². The summed E-state index contributed by atoms with van der Waals surface area (Å²) in [6, 6.07) is 4.34. The molecule has 0 spiro atoms. The predicted molar refractivity (Wildman–Crippen MR) is 97.7 cm³/mol. The number of carbonyl (C=O) groups excluding carboxylic acids is 2. The number of morpholine rings is 1. The maximum Gasteiger partial charge on any atom is 0.272 e. The molecule has 0 saturated carbocycles. The van der Waals surface area contributed by atoms with Gasteiger partial charge in [-0.25, -0.2) is 12.8 Å². The van der Waals surface area contributed by atoms with E-state index in [2.05, 4.69) is 10.9 Å². The first-order valence-corrected chi connectivity index (χ1v) is 10.8. The van der Waals surface area contributed by atoms with E-state index in [1.807, 2.05) is 0 Å². The second-order valence-electron chi connectivity index (χ2n) is 6.48. The zero-order valence-electron chi connectivity index (χ0n) is 14.4. The van der Waals surface area contributed by atoms with Gasteiger partial charge in [0.05, 0.1) is 34.8 Å². The minimum atomic E-state index is -3.89. The molecule has 2 fully saturated rings. The van der Waals surface area contributed by atoms with Crippen LogP contribution in [0, 0.1) is 5.82 Å². The van der Waals surface area contributed by atoms with E-state index in [0.717, 1.165) is 18.2 Å². The van der Waals surface area contributed by atoms with Crippen LogP contribution >= 0.6 is 11.3 Å². The molecule has 1 aromatic heterocycles. The molecule has 148 valence electrons. The number of hydrogen-bond acceptors (Lipinski definition) is 6. The molecule has 4 rings (SSSR count). The van der Waals surface area contributed by atoms with Crippen molar-refractivity contribution in [2.24, 2.45) is 0 Å². The lowest BCUT2D eigenvalue weighted by molar-refractivity contribution is 0.0608. The van der Waals surface area contributed by atoms with Gasteiger partial charge >= 0.3 is 0 Å². The summed E-state index contributed by atoms with van der Waals surface area (Å²) in [5.74, 6) is -2.41. The molecule has 2 aromatic rings. The maximum atomic E-state index is 14.1. The molecule has 8 nitrogen and oxygen atoms in total. The van der Waals surface area contributed by atoms with Gasteiger partial charge in [-0.05, 0) is 36.1 Å². The van der Waals surface area contributed by atoms with E-state index in [9.17, 15) is 22.4 Å². The molecule has 2 N–H and O–H groups in total. The van der Waals surface area contributed by atoms with Gasteiger partial charge in [0.1, 0.15) is 5.82 Å². The monoisotopic (exact) mass is 425 g/mol. The van der Waals surface area contributed by atoms with Crippen LogP contribution in [0.15, 0.2) is 39.9 Å². The number of sulfonamides is 1. The number of ether oxygens (including phenoxy) is 1. The van der Waals surface area contributed by atoms with Gasteiger partial charge in [-0.1, -0.05) is 0 Å². The Bertz CT molecular complexity index is 1030. The summed E-state index contributed by atoms with van der Waals surface area (Å²) in [7, 11) is -3.89. The minimum Gasteiger partial charge on any atom is -0.375 e. The van der Waals surface area contributed by atoms with Gasteiger partial charge in [-0.2, -0.15) is 15.6 Å². The van der Waals surface area contributed by atoms with Gasteiger partial charge in [0.2, 0.25) is 10.0 Å². The Labute approximate surface area is 164 Å². The van der Waals surface area contributed by atoms with Crippen LogP contribution in [0.5, 0.6) is 0 Å². The molecular formula is C17H16FN3O5S2. The molecule has 2 atom stereocenters. The Hall–Kier alpha value is -2.34. The SMILES string of the molecule is O=C(NNC(=O)c1cc(S(=O)(=O)N2C[C@@H]3C[C@H]2CO3)ccc1F)c1ccsc1. The largest absolute Gasteiger partial charge is 0.375 e. The van der Waals surface area contributed by atoms with E-state index in [1.165, 1.54) is 15.6 Å². The van der Waals surface area contributed by atoms with Crippen LogP contribution in [-0.2, 0) is 14.8 Å². The van der Waals surface area contributed by atoms with Crippen LogP contribution in [0.4, 0.5) is 4.39 Å². The topological polar surface area (TPSA) is 105 Å². The normalized spacial score (nSPS) is 21.6. The third-order valence-corrected chi connectivity index (χ3v) is 7.31. The Kier molecular flexibility index (Phi) is 4.91. The molecule has 2 bridgehead atoms. The predicted octanol–water partition coefficient (Wildman–Crippen LogP) is 1.12. The van der Waals surface area contributed by atoms with E-state index < -0.39 is 33.2 Å². The Morgan fingerprint density at radius 2 is 2.00 bits per heavy atom. The molecule has 28 heavy (non-hydrogen) atoms. The fraction of sp³-hybridized carbons (Fsp3) is 0.294. The van der Waals surface area contributed by atoms with E-state index in [0.29, 0.717) is 18.6 Å². The maximum absolute atomic E-state index is 14.1. The summed E-state index contributed by atoms with van der Waals surface area (Å²) in [6.45, 7) is 0.565. The van der Waals surface area contributed by atoms with Gasteiger partial charge in [-0.15, -0.1) is 0 Å². The van der Waals surface area contributed by atoms with Crippen molar-refractivity contribution >= 4 is 33.2 Å². The van der Waals surface area contributed by atoms with Crippen LogP contribution in [0.25, 0.3) is 0 Å². The molecule has 11 heteroatoms. The van der Waals surface area contributed by atoms with E-state index >= 15 is 0 Å². The second-order valence-corrected chi connectivity index (χ2v) is 9.15. The highest BCUT2D eigenvalue weighted by Gasteiger charge is 2.45. The van der Waals surface area contributed by atoms with Gasteiger partial charge < -0.3 is 4.74 Å². The van der Waals surface area contributed by atoms with Gasteiger partial charge in [0, 0.05) is 11.9 Å². The molecule has 1 aromatic carbocycles. The van der Waals surface area contributed by atoms with Crippen LogP contribution in [0.2, 0.25) is 0 Å². The lowest BCUT2D eigenvalue weighted by Crippen LogP contribution is -2.42. The number of nitrogens with one attached hydrogen (secondary N) is 2. The van der Waals surface area contributed by atoms with Crippen LogP contribution in [-0.4, -0.2) is 49.8 Å². The highest BCUT2D eigenvalue weighted by atomic mass is 32.2. The van der Waals surface area contributed by atoms with Crippen molar-refractivity contribution < 1.29 is 27.1 Å². The molecule has 2 amide bonds. The summed E-state index contributed by atoms with van der Waals surface area (Å²) in [4.78, 5) is 24.0. The number of halogens is 1. The van der Waals surface area contributed by atoms with Crippen LogP contribution < -0.4 is 10.9 Å². The van der Waals surface area contributed by atoms with E-state index in [4.69, 9.17) is 4.74 Å². The average Bonchev–Trinajstić information content (AvgIpc) is 3.44. The minimum absolute atomic E-state index is 0.129. The first-order valence-electron chi connectivity index (χ1n) is 8.42. The number of benzene rings is 1. The summed E-state index contributed by atoms with van der Waals surface area (Å²) in [5.41, 5.74) is 4.13. The number of amides is 2. The summed E-state index contributed by atoms with van der Waals surface area (Å²) >= 11 is 1.31. The lowest BCUT2D eigenvalue weighted by Gasteiger charge is -2.26. The number of rotatable bonds is 4. The number of carbonyl (C=O) groups is 2. The smallest absolute Gasteiger partial charge is 0.272 e. The van der Waals surface area contributed by atoms with Crippen LogP contribution in [0.1, 0.15) is 27.1 Å². The van der Waals surface area contributed by atoms with Crippen molar-refractivity contribution in [1.82, 2.24) is 15.2 Å². The van der Waals surface area contributed by atoms with Crippen molar-refractivity contribution in [3.63, 3.8) is 0 Å². The summed E-state index contributed by atoms with van der Waals surface area (Å²) in [5, 5.41) is 3.28. The number of nitrogens with zero attached hydrogens (tertiary/aromatic N) is 1. The molecule has 0 aliphatic carbocycles. The summed E-state index contributed by atoms with van der Waals surface area (Å²) < 4.78 is 46.6. The quantitative estimate of drug-likeness (QED) is 0.715. The fourth-order valence-corrected chi connectivity index (χ4v) is 5.60. The van der Waals surface area contributed by atoms with Crippen molar-refractivity contribution in [2.45, 2.75) is 23.5 Å². The molecule has 0 unspecified atom stereocenters. The van der Waals surface area contributed by atoms with Crippen molar-refractivity contribution in [3.05, 3.63) is 52.0 Å². The van der Waals surface area contributed by atoms with Crippen molar-refractivity contribution in [2.75, 3.05) is 13.2 Å². The number of hydrazine groups is 1. The Morgan fingerprint density at radius 3 is 2.64 bits per heavy atom. The third-order valence-electron chi connectivity index (χ3n) is 4.71. The molecule has 0 radical (unpaired) electrons. The number of hydrogen-bond donors (Lipinski definition) is 2. The molecule has 3 heterocycles. The van der Waals surface area contributed by atoms with Crippen molar-refractivity contribution in [3.8, 4) is 0 Å². The molecule has 2 aliphatic heterocycles.